The summed E-state index contributed by atoms with van der Waals surface area (Å²) in [7, 11) is -3.74. The molecule has 2 aromatic heterocycles. The fourth-order valence-electron chi connectivity index (χ4n) is 3.50. The standard InChI is InChI=1S/C22H21NO3S/c1-2-3-4-8-15-21-22-19(16-26-21)18-13-9-10-14-20(18)23(22)27(24,25)17-11-6-5-7-12-17/h2,5-7,9-14,16H,1,3-4,8,15H2. The van der Waals surface area contributed by atoms with E-state index in [-0.39, 0.29) is 4.90 Å². The lowest BCUT2D eigenvalue weighted by Gasteiger charge is -2.10. The zero-order chi connectivity index (χ0) is 18.9. The second kappa shape index (κ2) is 7.08. The van der Waals surface area contributed by atoms with Gasteiger partial charge in [-0.05, 0) is 37.5 Å². The van der Waals surface area contributed by atoms with E-state index in [2.05, 4.69) is 6.58 Å². The molecule has 4 rings (SSSR count). The summed E-state index contributed by atoms with van der Waals surface area (Å²) in [5, 5.41) is 1.72. The summed E-state index contributed by atoms with van der Waals surface area (Å²) in [5.41, 5.74) is 1.33. The van der Waals surface area contributed by atoms with Crippen LogP contribution in [-0.4, -0.2) is 12.4 Å². The fraction of sp³-hybridized carbons (Fsp3) is 0.182. The van der Waals surface area contributed by atoms with Crippen LogP contribution in [0.15, 0.2) is 82.8 Å². The van der Waals surface area contributed by atoms with Crippen molar-refractivity contribution in [2.24, 2.45) is 0 Å². The number of aromatic nitrogens is 1. The van der Waals surface area contributed by atoms with Crippen molar-refractivity contribution in [1.82, 2.24) is 3.97 Å². The number of hydrogen-bond acceptors (Lipinski definition) is 3. The first-order valence-corrected chi connectivity index (χ1v) is 10.5. The van der Waals surface area contributed by atoms with Gasteiger partial charge in [0.25, 0.3) is 10.0 Å². The van der Waals surface area contributed by atoms with E-state index in [1.54, 1.807) is 30.5 Å². The minimum atomic E-state index is -3.74. The Labute approximate surface area is 158 Å². The van der Waals surface area contributed by atoms with Crippen molar-refractivity contribution in [3.05, 3.63) is 79.3 Å². The van der Waals surface area contributed by atoms with Crippen LogP contribution in [0, 0.1) is 0 Å². The van der Waals surface area contributed by atoms with E-state index in [9.17, 15) is 8.42 Å². The lowest BCUT2D eigenvalue weighted by Crippen LogP contribution is -2.13. The van der Waals surface area contributed by atoms with Gasteiger partial charge in [0, 0.05) is 17.2 Å². The molecule has 138 valence electrons. The number of benzene rings is 2. The second-order valence-electron chi connectivity index (χ2n) is 6.56. The highest BCUT2D eigenvalue weighted by atomic mass is 32.2. The third kappa shape index (κ3) is 2.98. The first kappa shape index (κ1) is 17.6. The topological polar surface area (TPSA) is 52.2 Å². The van der Waals surface area contributed by atoms with Crippen molar-refractivity contribution in [2.75, 3.05) is 0 Å². The predicted octanol–water partition coefficient (Wildman–Crippen LogP) is 5.52. The first-order valence-electron chi connectivity index (χ1n) is 9.05. The molecule has 0 aliphatic carbocycles. The zero-order valence-electron chi connectivity index (χ0n) is 15.0. The van der Waals surface area contributed by atoms with Crippen LogP contribution < -0.4 is 0 Å². The molecule has 27 heavy (non-hydrogen) atoms. The lowest BCUT2D eigenvalue weighted by molar-refractivity contribution is 0.502. The number of para-hydroxylation sites is 1. The molecule has 0 atom stereocenters. The van der Waals surface area contributed by atoms with E-state index in [4.69, 9.17) is 4.42 Å². The van der Waals surface area contributed by atoms with Gasteiger partial charge >= 0.3 is 0 Å². The molecular weight excluding hydrogens is 358 g/mol. The lowest BCUT2D eigenvalue weighted by atomic mass is 10.1. The minimum Gasteiger partial charge on any atom is -0.466 e. The van der Waals surface area contributed by atoms with Gasteiger partial charge in [-0.3, -0.25) is 0 Å². The Morgan fingerprint density at radius 3 is 2.48 bits per heavy atom. The van der Waals surface area contributed by atoms with Crippen LogP contribution in [0.25, 0.3) is 21.8 Å². The van der Waals surface area contributed by atoms with Crippen LogP contribution >= 0.6 is 0 Å². The van der Waals surface area contributed by atoms with Crippen LogP contribution in [0.4, 0.5) is 0 Å². The second-order valence-corrected chi connectivity index (χ2v) is 8.34. The number of allylic oxidation sites excluding steroid dienone is 1. The van der Waals surface area contributed by atoms with Gasteiger partial charge in [0.2, 0.25) is 0 Å². The van der Waals surface area contributed by atoms with Gasteiger partial charge in [-0.2, -0.15) is 0 Å². The van der Waals surface area contributed by atoms with Crippen LogP contribution in [0.5, 0.6) is 0 Å². The van der Waals surface area contributed by atoms with E-state index in [0.29, 0.717) is 23.2 Å². The highest BCUT2D eigenvalue weighted by Crippen LogP contribution is 2.36. The quantitative estimate of drug-likeness (QED) is 0.314. The molecule has 0 radical (unpaired) electrons. The van der Waals surface area contributed by atoms with Crippen LogP contribution in [0.2, 0.25) is 0 Å². The first-order chi connectivity index (χ1) is 13.1. The molecule has 0 bridgehead atoms. The Hall–Kier alpha value is -2.79. The maximum absolute atomic E-state index is 13.5. The molecule has 0 aliphatic rings. The zero-order valence-corrected chi connectivity index (χ0v) is 15.8. The summed E-state index contributed by atoms with van der Waals surface area (Å²) in [4.78, 5) is 0.270. The van der Waals surface area contributed by atoms with Gasteiger partial charge in [-0.1, -0.05) is 42.5 Å². The normalized spacial score (nSPS) is 12.0. The summed E-state index contributed by atoms with van der Waals surface area (Å²) >= 11 is 0. The Morgan fingerprint density at radius 1 is 0.963 bits per heavy atom. The summed E-state index contributed by atoms with van der Waals surface area (Å²) < 4.78 is 34.2. The van der Waals surface area contributed by atoms with Crippen molar-refractivity contribution in [2.45, 2.75) is 30.6 Å². The molecule has 5 heteroatoms. The summed E-state index contributed by atoms with van der Waals surface area (Å²) in [6, 6.07) is 16.1. The van der Waals surface area contributed by atoms with Gasteiger partial charge in [-0.25, -0.2) is 12.4 Å². The van der Waals surface area contributed by atoms with Crippen LogP contribution in [-0.2, 0) is 16.4 Å². The number of unbranched alkanes of at least 4 members (excludes halogenated alkanes) is 2. The van der Waals surface area contributed by atoms with Crippen molar-refractivity contribution < 1.29 is 12.8 Å². The van der Waals surface area contributed by atoms with Crippen LogP contribution in [0.1, 0.15) is 25.0 Å². The number of nitrogens with zero attached hydrogens (tertiary/aromatic N) is 1. The number of aryl methyl sites for hydroxylation is 1. The summed E-state index contributed by atoms with van der Waals surface area (Å²) in [6.07, 6.45) is 7.12. The van der Waals surface area contributed by atoms with Crippen LogP contribution in [0.3, 0.4) is 0 Å². The Morgan fingerprint density at radius 2 is 1.70 bits per heavy atom. The fourth-order valence-corrected chi connectivity index (χ4v) is 5.07. The van der Waals surface area contributed by atoms with E-state index in [1.807, 2.05) is 36.4 Å². The molecule has 2 heterocycles. The number of rotatable bonds is 7. The third-order valence-corrected chi connectivity index (χ3v) is 6.53. The maximum atomic E-state index is 13.5. The van der Waals surface area contributed by atoms with Gasteiger partial charge in [0.05, 0.1) is 10.4 Å². The molecule has 0 fully saturated rings. The van der Waals surface area contributed by atoms with Gasteiger partial charge in [-0.15, -0.1) is 6.58 Å². The monoisotopic (exact) mass is 379 g/mol. The van der Waals surface area contributed by atoms with Gasteiger partial charge in [0.1, 0.15) is 17.5 Å². The highest BCUT2D eigenvalue weighted by molar-refractivity contribution is 7.90. The Kier molecular flexibility index (Phi) is 4.62. The smallest absolute Gasteiger partial charge is 0.268 e. The average molecular weight is 379 g/mol. The molecule has 0 saturated carbocycles. The van der Waals surface area contributed by atoms with E-state index < -0.39 is 10.0 Å². The van der Waals surface area contributed by atoms with E-state index in [1.165, 1.54) is 3.97 Å². The summed E-state index contributed by atoms with van der Waals surface area (Å²) in [5.74, 6) is 0.713. The summed E-state index contributed by atoms with van der Waals surface area (Å²) in [6.45, 7) is 3.75. The largest absolute Gasteiger partial charge is 0.466 e. The molecule has 0 aliphatic heterocycles. The molecule has 2 aromatic carbocycles. The average Bonchev–Trinajstić information content (AvgIpc) is 3.24. The predicted molar refractivity (Wildman–Crippen MR) is 108 cm³/mol. The maximum Gasteiger partial charge on any atom is 0.268 e. The third-order valence-electron chi connectivity index (χ3n) is 4.80. The Bertz CT molecular complexity index is 1200. The highest BCUT2D eigenvalue weighted by Gasteiger charge is 2.26. The molecular formula is C22H21NO3S. The molecule has 4 aromatic rings. The van der Waals surface area contributed by atoms with Crippen molar-refractivity contribution in [3.8, 4) is 0 Å². The SMILES string of the molecule is C=CCCCCc1occ2c3ccccc3n(S(=O)(=O)c3ccccc3)c12. The number of fused-ring (bicyclic) bond motifs is 3. The number of furan rings is 1. The van der Waals surface area contributed by atoms with E-state index in [0.717, 1.165) is 30.0 Å². The molecule has 0 unspecified atom stereocenters. The minimum absolute atomic E-state index is 0.270. The molecule has 0 saturated heterocycles. The van der Waals surface area contributed by atoms with E-state index >= 15 is 0 Å². The van der Waals surface area contributed by atoms with Crippen molar-refractivity contribution >= 4 is 31.8 Å². The number of hydrogen-bond donors (Lipinski definition) is 0. The van der Waals surface area contributed by atoms with Gasteiger partial charge < -0.3 is 4.42 Å². The molecule has 0 spiro atoms. The Balaban J connectivity index is 1.94. The molecule has 4 nitrogen and oxygen atoms in total. The van der Waals surface area contributed by atoms with Crippen molar-refractivity contribution in [3.63, 3.8) is 0 Å². The van der Waals surface area contributed by atoms with Gasteiger partial charge in [0.15, 0.2) is 0 Å². The molecule has 0 N–H and O–H groups in total. The van der Waals surface area contributed by atoms with Crippen molar-refractivity contribution in [1.29, 1.82) is 0 Å². The molecule has 0 amide bonds.